The van der Waals surface area contributed by atoms with Crippen molar-refractivity contribution in [2.45, 2.75) is 54.1 Å². The summed E-state index contributed by atoms with van der Waals surface area (Å²) in [5.74, 6) is 1.28. The minimum Gasteiger partial charge on any atom is -0.491 e. The minimum absolute atomic E-state index is 0.0390. The molecule has 0 aliphatic carbocycles. The molecule has 1 unspecified atom stereocenters. The Hall–Kier alpha value is -3.28. The maximum Gasteiger partial charge on any atom is 0.130 e. The Bertz CT molecular complexity index is 757. The van der Waals surface area contributed by atoms with Crippen molar-refractivity contribution < 1.29 is 14.6 Å². The highest BCUT2D eigenvalue weighted by Gasteiger charge is 2.06. The second-order valence-electron chi connectivity index (χ2n) is 5.65. The Morgan fingerprint density at radius 3 is 1.68 bits per heavy atom. The number of hydrogen-bond donors (Lipinski definition) is 1. The highest BCUT2D eigenvalue weighted by molar-refractivity contribution is 5.62. The number of rotatable bonds is 7. The van der Waals surface area contributed by atoms with Crippen LogP contribution in [0.1, 0.15) is 53.5 Å². The van der Waals surface area contributed by atoms with Crippen molar-refractivity contribution in [3.05, 3.63) is 65.7 Å². The van der Waals surface area contributed by atoms with Gasteiger partial charge in [-0.3, -0.25) is 0 Å². The molecule has 0 bridgehead atoms. The average molecular weight is 425 g/mol. The van der Waals surface area contributed by atoms with Crippen molar-refractivity contribution in [2.75, 3.05) is 13.2 Å². The van der Waals surface area contributed by atoms with Crippen molar-refractivity contribution in [2.24, 2.45) is 0 Å². The molecule has 31 heavy (non-hydrogen) atoms. The van der Waals surface area contributed by atoms with Crippen LogP contribution in [-0.4, -0.2) is 24.4 Å². The summed E-state index contributed by atoms with van der Waals surface area (Å²) < 4.78 is 10.9. The number of aliphatic hydroxyl groups is 1. The van der Waals surface area contributed by atoms with Crippen molar-refractivity contribution in [3.63, 3.8) is 0 Å². The van der Waals surface area contributed by atoms with Gasteiger partial charge < -0.3 is 14.6 Å². The molecule has 168 valence electrons. The lowest BCUT2D eigenvalue weighted by atomic mass is 10.1. The Morgan fingerprint density at radius 2 is 1.26 bits per heavy atom. The number of aliphatic hydroxyl groups excluding tert-OH is 1. The number of benzene rings is 2. The van der Waals surface area contributed by atoms with Gasteiger partial charge in [-0.05, 0) is 35.9 Å². The third kappa shape index (κ3) is 15.3. The van der Waals surface area contributed by atoms with Gasteiger partial charge in [-0.1, -0.05) is 78.3 Å². The molecule has 0 amide bonds. The molecule has 0 aliphatic heterocycles. The van der Waals surface area contributed by atoms with Crippen LogP contribution < -0.4 is 9.47 Å². The van der Waals surface area contributed by atoms with E-state index in [0.29, 0.717) is 11.5 Å². The summed E-state index contributed by atoms with van der Waals surface area (Å²) in [6.45, 7) is 12.5. The fraction of sp³-hybridized carbons (Fsp3) is 0.385. The molecule has 0 aliphatic rings. The highest BCUT2D eigenvalue weighted by atomic mass is 16.5. The van der Waals surface area contributed by atoms with Gasteiger partial charge in [0.25, 0.3) is 0 Å². The maximum absolute atomic E-state index is 9.88. The van der Waals surface area contributed by atoms with Gasteiger partial charge in [0, 0.05) is 0 Å². The first-order chi connectivity index (χ1) is 15.1. The third-order valence-corrected chi connectivity index (χ3v) is 3.06. The summed E-state index contributed by atoms with van der Waals surface area (Å²) in [6, 6.07) is 19.7. The fourth-order valence-electron chi connectivity index (χ4n) is 1.87. The Morgan fingerprint density at radius 1 is 0.839 bits per heavy atom. The smallest absolute Gasteiger partial charge is 0.130 e. The minimum atomic E-state index is -0.756. The number of ether oxygens (including phenoxy) is 2. The molecule has 2 aromatic rings. The summed E-state index contributed by atoms with van der Waals surface area (Å²) in [5, 5.41) is 27.3. The molecule has 0 heterocycles. The molecule has 1 N–H and O–H groups in total. The van der Waals surface area contributed by atoms with Gasteiger partial charge in [-0.2, -0.15) is 10.5 Å². The Labute approximate surface area is 188 Å². The molecular formula is C26H36N2O3. The first kappa shape index (κ1) is 29.9. The maximum atomic E-state index is 9.88. The van der Waals surface area contributed by atoms with Gasteiger partial charge in [-0.25, -0.2) is 0 Å². The molecule has 0 radical (unpaired) electrons. The molecule has 5 nitrogen and oxygen atoms in total. The van der Waals surface area contributed by atoms with Crippen LogP contribution in [0.25, 0.3) is 6.08 Å². The SMILES string of the molecule is CC.CC.CCC.N#CC(C#N)=Cc1ccc(OCC(O)COc2ccccc2)cc1. The van der Waals surface area contributed by atoms with Crippen molar-refractivity contribution in [1.82, 2.24) is 0 Å². The van der Waals surface area contributed by atoms with E-state index in [1.807, 2.05) is 58.0 Å². The summed E-state index contributed by atoms with van der Waals surface area (Å²) in [5.41, 5.74) is 0.769. The van der Waals surface area contributed by atoms with Gasteiger partial charge in [0.1, 0.15) is 48.5 Å². The molecule has 5 heteroatoms. The van der Waals surface area contributed by atoms with Crippen LogP contribution in [0.5, 0.6) is 11.5 Å². The van der Waals surface area contributed by atoms with Crippen LogP contribution in [0.2, 0.25) is 0 Å². The van der Waals surface area contributed by atoms with Crippen molar-refractivity contribution in [3.8, 4) is 23.6 Å². The van der Waals surface area contributed by atoms with E-state index in [4.69, 9.17) is 20.0 Å². The van der Waals surface area contributed by atoms with E-state index in [0.717, 1.165) is 5.56 Å². The van der Waals surface area contributed by atoms with Crippen LogP contribution in [0, 0.1) is 22.7 Å². The van der Waals surface area contributed by atoms with E-state index in [1.54, 1.807) is 36.4 Å². The molecule has 2 aromatic carbocycles. The van der Waals surface area contributed by atoms with E-state index < -0.39 is 6.10 Å². The largest absolute Gasteiger partial charge is 0.491 e. The van der Waals surface area contributed by atoms with E-state index in [1.165, 1.54) is 12.5 Å². The van der Waals surface area contributed by atoms with Gasteiger partial charge in [0.15, 0.2) is 0 Å². The lowest BCUT2D eigenvalue weighted by Crippen LogP contribution is -2.25. The van der Waals surface area contributed by atoms with Crippen molar-refractivity contribution >= 4 is 6.08 Å². The molecule has 0 fully saturated rings. The first-order valence-corrected chi connectivity index (χ1v) is 10.7. The molecule has 0 saturated heterocycles. The quantitative estimate of drug-likeness (QED) is 0.519. The molecule has 0 aromatic heterocycles. The molecular weight excluding hydrogens is 388 g/mol. The van der Waals surface area contributed by atoms with Gasteiger partial charge in [0.05, 0.1) is 0 Å². The fourth-order valence-corrected chi connectivity index (χ4v) is 1.87. The summed E-state index contributed by atoms with van der Waals surface area (Å²) in [7, 11) is 0. The summed E-state index contributed by atoms with van der Waals surface area (Å²) >= 11 is 0. The standard InChI is InChI=1S/C19H16N2O3.C3H8.2C2H6/c20-11-16(12-21)10-15-6-8-19(9-7-15)24-14-17(22)13-23-18-4-2-1-3-5-18;1-3-2;2*1-2/h1-10,17,22H,13-14H2;3H2,1-2H3;2*1-2H3. The van der Waals surface area contributed by atoms with Gasteiger partial charge >= 0.3 is 0 Å². The van der Waals surface area contributed by atoms with Crippen LogP contribution in [0.3, 0.4) is 0 Å². The van der Waals surface area contributed by atoms with Gasteiger partial charge in [-0.15, -0.1) is 0 Å². The second kappa shape index (κ2) is 21.4. The number of allylic oxidation sites excluding steroid dienone is 1. The normalized spacial score (nSPS) is 9.32. The lowest BCUT2D eigenvalue weighted by Gasteiger charge is -2.13. The second-order valence-corrected chi connectivity index (χ2v) is 5.65. The van der Waals surface area contributed by atoms with Crippen LogP contribution in [-0.2, 0) is 0 Å². The first-order valence-electron chi connectivity index (χ1n) is 10.7. The average Bonchev–Trinajstić information content (AvgIpc) is 2.84. The topological polar surface area (TPSA) is 86.3 Å². The summed E-state index contributed by atoms with van der Waals surface area (Å²) in [6.07, 6.45) is 1.99. The Kier molecular flexibility index (Phi) is 20.7. The van der Waals surface area contributed by atoms with E-state index in [-0.39, 0.29) is 18.8 Å². The highest BCUT2D eigenvalue weighted by Crippen LogP contribution is 2.15. The third-order valence-electron chi connectivity index (χ3n) is 3.06. The van der Waals surface area contributed by atoms with Crippen LogP contribution in [0.15, 0.2) is 60.2 Å². The zero-order valence-electron chi connectivity index (χ0n) is 19.6. The molecule has 0 saturated carbocycles. The predicted molar refractivity (Wildman–Crippen MR) is 128 cm³/mol. The zero-order valence-corrected chi connectivity index (χ0v) is 19.6. The van der Waals surface area contributed by atoms with E-state index in [9.17, 15) is 5.11 Å². The Balaban J connectivity index is 0. The number of para-hydroxylation sites is 1. The monoisotopic (exact) mass is 424 g/mol. The van der Waals surface area contributed by atoms with E-state index >= 15 is 0 Å². The molecule has 0 spiro atoms. The number of nitrogens with zero attached hydrogens (tertiary/aromatic N) is 2. The lowest BCUT2D eigenvalue weighted by molar-refractivity contribution is 0.0626. The molecule has 1 atom stereocenters. The summed E-state index contributed by atoms with van der Waals surface area (Å²) in [4.78, 5) is 0. The van der Waals surface area contributed by atoms with E-state index in [2.05, 4.69) is 13.8 Å². The molecule has 2 rings (SSSR count). The number of hydrogen-bond acceptors (Lipinski definition) is 5. The predicted octanol–water partition coefficient (Wildman–Crippen LogP) is 6.40. The van der Waals surface area contributed by atoms with Crippen molar-refractivity contribution in [1.29, 1.82) is 10.5 Å². The van der Waals surface area contributed by atoms with Crippen LogP contribution in [0.4, 0.5) is 0 Å². The van der Waals surface area contributed by atoms with Crippen LogP contribution >= 0.6 is 0 Å². The zero-order chi connectivity index (χ0) is 23.9. The number of nitriles is 2. The van der Waals surface area contributed by atoms with Gasteiger partial charge in [0.2, 0.25) is 0 Å².